The number of thioether (sulfide) groups is 1. The van der Waals surface area contributed by atoms with Crippen LogP contribution in [0.3, 0.4) is 0 Å². The number of rotatable bonds is 3. The molecule has 0 saturated carbocycles. The van der Waals surface area contributed by atoms with Gasteiger partial charge in [0.25, 0.3) is 11.1 Å². The van der Waals surface area contributed by atoms with Gasteiger partial charge in [0.2, 0.25) is 0 Å². The molecule has 0 atom stereocenters. The third-order valence-electron chi connectivity index (χ3n) is 5.26. The second-order valence-corrected chi connectivity index (χ2v) is 9.18. The van der Waals surface area contributed by atoms with E-state index in [1.807, 2.05) is 0 Å². The maximum atomic E-state index is 13.3. The van der Waals surface area contributed by atoms with Crippen LogP contribution >= 0.6 is 23.4 Å². The number of amides is 2. The van der Waals surface area contributed by atoms with Crippen LogP contribution in [-0.2, 0) is 17.5 Å². The summed E-state index contributed by atoms with van der Waals surface area (Å²) in [4.78, 5) is 23.2. The Morgan fingerprint density at radius 2 is 1.83 bits per heavy atom. The number of carbonyl (C=O) groups excluding carboxylic acids is 2. The van der Waals surface area contributed by atoms with Crippen molar-refractivity contribution < 1.29 is 22.8 Å². The lowest BCUT2D eigenvalue weighted by atomic mass is 10.1. The molecule has 2 aliphatic heterocycles. The number of carbonyl (C=O) groups is 2. The van der Waals surface area contributed by atoms with E-state index in [-0.39, 0.29) is 22.0 Å². The Bertz CT molecular complexity index is 1310. The van der Waals surface area contributed by atoms with E-state index < -0.39 is 22.9 Å². The predicted molar refractivity (Wildman–Crippen MR) is 136 cm³/mol. The van der Waals surface area contributed by atoms with Crippen molar-refractivity contribution in [1.29, 1.82) is 0 Å². The van der Waals surface area contributed by atoms with Gasteiger partial charge in [-0.05, 0) is 79.2 Å². The van der Waals surface area contributed by atoms with Crippen LogP contribution in [0.1, 0.15) is 29.5 Å². The first-order valence-corrected chi connectivity index (χ1v) is 12.0. The highest BCUT2D eigenvalue weighted by molar-refractivity contribution is 8.18. The zero-order valence-corrected chi connectivity index (χ0v) is 20.5. The molecule has 0 radical (unpaired) electrons. The SMILES string of the molecule is C#C.C1CCNC1.O=C1NC(=O)/C(=C/c2ccc3c(cnn3Cc3ccc(Cl)cc3C(F)(F)F)c2)S1. The summed E-state index contributed by atoms with van der Waals surface area (Å²) in [6.07, 6.45) is 9.36. The van der Waals surface area contributed by atoms with E-state index in [1.54, 1.807) is 24.3 Å². The van der Waals surface area contributed by atoms with Gasteiger partial charge in [0.1, 0.15) is 0 Å². The maximum absolute atomic E-state index is 13.3. The largest absolute Gasteiger partial charge is 0.416 e. The Labute approximate surface area is 215 Å². The first kappa shape index (κ1) is 27.3. The van der Waals surface area contributed by atoms with Gasteiger partial charge in [-0.1, -0.05) is 23.7 Å². The normalized spacial score (nSPS) is 16.3. The molecule has 36 heavy (non-hydrogen) atoms. The minimum atomic E-state index is -4.53. The van der Waals surface area contributed by atoms with E-state index in [0.29, 0.717) is 16.5 Å². The van der Waals surface area contributed by atoms with Gasteiger partial charge in [-0.15, -0.1) is 12.8 Å². The molecule has 1 aromatic heterocycles. The van der Waals surface area contributed by atoms with E-state index in [1.165, 1.54) is 48.9 Å². The van der Waals surface area contributed by atoms with Crippen LogP contribution in [0.15, 0.2) is 47.5 Å². The zero-order chi connectivity index (χ0) is 26.3. The molecule has 2 fully saturated rings. The van der Waals surface area contributed by atoms with Gasteiger partial charge >= 0.3 is 6.18 Å². The van der Waals surface area contributed by atoms with Crippen molar-refractivity contribution in [2.45, 2.75) is 25.6 Å². The van der Waals surface area contributed by atoms with Gasteiger partial charge in [0, 0.05) is 10.4 Å². The van der Waals surface area contributed by atoms with E-state index in [0.717, 1.165) is 17.8 Å². The molecule has 0 spiro atoms. The Kier molecular flexibility index (Phi) is 9.20. The number of nitrogens with zero attached hydrogens (tertiary/aromatic N) is 2. The van der Waals surface area contributed by atoms with Gasteiger partial charge in [-0.3, -0.25) is 19.6 Å². The van der Waals surface area contributed by atoms with Crippen molar-refractivity contribution in [3.63, 3.8) is 0 Å². The quantitative estimate of drug-likeness (QED) is 0.333. The summed E-state index contributed by atoms with van der Waals surface area (Å²) >= 11 is 6.54. The van der Waals surface area contributed by atoms with Crippen LogP contribution in [-0.4, -0.2) is 34.0 Å². The number of hydrogen-bond donors (Lipinski definition) is 2. The number of terminal acetylenes is 1. The number of aromatic nitrogens is 2. The van der Waals surface area contributed by atoms with E-state index in [2.05, 4.69) is 28.6 Å². The summed E-state index contributed by atoms with van der Waals surface area (Å²) in [5.41, 5.74) is 0.557. The molecule has 2 aliphatic rings. The highest BCUT2D eigenvalue weighted by Crippen LogP contribution is 2.34. The standard InChI is InChI=1S/C19H11ClF3N3O2S.C4H9N.C2H2/c20-13-3-2-11(14(7-13)19(21,22)23)9-26-15-4-1-10(5-12(15)8-24-26)6-16-17(27)25-18(28)29-16;1-2-4-5-3-1;1-2/h1-8H,9H2,(H,25,27,28);5H,1-4H2;1-2H/b16-6-;;. The molecular formula is C25H22ClF3N4O2S. The van der Waals surface area contributed by atoms with Crippen LogP contribution in [0.2, 0.25) is 5.02 Å². The lowest BCUT2D eigenvalue weighted by Crippen LogP contribution is -2.17. The zero-order valence-electron chi connectivity index (χ0n) is 18.9. The van der Waals surface area contributed by atoms with Crippen molar-refractivity contribution in [2.24, 2.45) is 0 Å². The number of nitrogens with one attached hydrogen (secondary N) is 2. The average molecular weight is 535 g/mol. The first-order valence-electron chi connectivity index (χ1n) is 10.8. The molecule has 0 bridgehead atoms. The smallest absolute Gasteiger partial charge is 0.317 e. The highest BCUT2D eigenvalue weighted by Gasteiger charge is 2.33. The number of hydrogen-bond acceptors (Lipinski definition) is 5. The molecule has 0 unspecified atom stereocenters. The Morgan fingerprint density at radius 1 is 1.11 bits per heavy atom. The second-order valence-electron chi connectivity index (χ2n) is 7.73. The van der Waals surface area contributed by atoms with Gasteiger partial charge in [-0.2, -0.15) is 18.3 Å². The van der Waals surface area contributed by atoms with E-state index in [4.69, 9.17) is 11.6 Å². The topological polar surface area (TPSA) is 76.0 Å². The summed E-state index contributed by atoms with van der Waals surface area (Å²) in [6.45, 7) is 2.42. The molecule has 188 valence electrons. The Hall–Kier alpha value is -3.26. The third kappa shape index (κ3) is 6.91. The van der Waals surface area contributed by atoms with Gasteiger partial charge in [0.05, 0.1) is 28.7 Å². The summed E-state index contributed by atoms with van der Waals surface area (Å²) in [6, 6.07) is 8.81. The van der Waals surface area contributed by atoms with Crippen molar-refractivity contribution >= 4 is 51.5 Å². The van der Waals surface area contributed by atoms with Gasteiger partial charge in [-0.25, -0.2) is 0 Å². The molecule has 5 rings (SSSR count). The molecule has 11 heteroatoms. The van der Waals surface area contributed by atoms with Crippen LogP contribution in [0.25, 0.3) is 17.0 Å². The van der Waals surface area contributed by atoms with Crippen LogP contribution in [0.5, 0.6) is 0 Å². The van der Waals surface area contributed by atoms with E-state index in [9.17, 15) is 22.8 Å². The van der Waals surface area contributed by atoms with Crippen LogP contribution in [0.4, 0.5) is 18.0 Å². The van der Waals surface area contributed by atoms with Crippen molar-refractivity contribution in [3.05, 3.63) is 69.2 Å². The molecule has 3 aromatic rings. The van der Waals surface area contributed by atoms with E-state index >= 15 is 0 Å². The van der Waals surface area contributed by atoms with Gasteiger partial charge < -0.3 is 5.32 Å². The second kappa shape index (κ2) is 12.1. The fourth-order valence-electron chi connectivity index (χ4n) is 3.63. The third-order valence-corrected chi connectivity index (χ3v) is 6.31. The monoisotopic (exact) mass is 534 g/mol. The fourth-order valence-corrected chi connectivity index (χ4v) is 4.48. The summed E-state index contributed by atoms with van der Waals surface area (Å²) in [5, 5.41) is 9.86. The molecular weight excluding hydrogens is 513 g/mol. The average Bonchev–Trinajstić information content (AvgIpc) is 3.60. The summed E-state index contributed by atoms with van der Waals surface area (Å²) < 4.78 is 41.4. The molecule has 2 amide bonds. The summed E-state index contributed by atoms with van der Waals surface area (Å²) in [5.74, 6) is -0.460. The molecule has 6 nitrogen and oxygen atoms in total. The highest BCUT2D eigenvalue weighted by atomic mass is 35.5. The maximum Gasteiger partial charge on any atom is 0.416 e. The van der Waals surface area contributed by atoms with Crippen LogP contribution in [0, 0.1) is 12.8 Å². The first-order chi connectivity index (χ1) is 17.2. The number of imide groups is 1. The molecule has 2 saturated heterocycles. The van der Waals surface area contributed by atoms with Crippen molar-refractivity contribution in [1.82, 2.24) is 20.4 Å². The Morgan fingerprint density at radius 3 is 2.42 bits per heavy atom. The summed E-state index contributed by atoms with van der Waals surface area (Å²) in [7, 11) is 0. The lowest BCUT2D eigenvalue weighted by Gasteiger charge is -2.14. The number of alkyl halides is 3. The predicted octanol–water partition coefficient (Wildman–Crippen LogP) is 5.70. The molecule has 2 N–H and O–H groups in total. The minimum Gasteiger partial charge on any atom is -0.317 e. The Balaban J connectivity index is 0.000000452. The number of benzene rings is 2. The van der Waals surface area contributed by atoms with Crippen molar-refractivity contribution in [2.75, 3.05) is 13.1 Å². The van der Waals surface area contributed by atoms with Crippen LogP contribution < -0.4 is 10.6 Å². The minimum absolute atomic E-state index is 0.0105. The molecule has 2 aromatic carbocycles. The van der Waals surface area contributed by atoms with Gasteiger partial charge in [0.15, 0.2) is 0 Å². The molecule has 3 heterocycles. The lowest BCUT2D eigenvalue weighted by molar-refractivity contribution is -0.138. The number of fused-ring (bicyclic) bond motifs is 1. The number of halogens is 4. The molecule has 0 aliphatic carbocycles. The fraction of sp³-hybridized carbons (Fsp3) is 0.240. The van der Waals surface area contributed by atoms with Crippen molar-refractivity contribution in [3.8, 4) is 12.8 Å².